The highest BCUT2D eigenvalue weighted by Crippen LogP contribution is 2.43. The van der Waals surface area contributed by atoms with E-state index in [1.54, 1.807) is 0 Å². The molecule has 1 saturated heterocycles. The highest BCUT2D eigenvalue weighted by Gasteiger charge is 2.52. The second kappa shape index (κ2) is 5.34. The smallest absolute Gasteiger partial charge is 0.399 e. The van der Waals surface area contributed by atoms with Crippen LogP contribution in [0, 0.1) is 0 Å². The number of hydrogen-bond donors (Lipinski definition) is 0. The van der Waals surface area contributed by atoms with Gasteiger partial charge in [-0.2, -0.15) is 0 Å². The number of hydrogen-bond acceptors (Lipinski definition) is 2. The fourth-order valence-corrected chi connectivity index (χ4v) is 4.14. The molecule has 1 aliphatic heterocycles. The van der Waals surface area contributed by atoms with Gasteiger partial charge in [0, 0.05) is 0 Å². The minimum absolute atomic E-state index is 0.375. The topological polar surface area (TPSA) is 18.5 Å². The molecular weight excluding hydrogens is 331 g/mol. The maximum Gasteiger partial charge on any atom is 0.494 e. The van der Waals surface area contributed by atoms with Gasteiger partial charge in [-0.25, -0.2) is 0 Å². The predicted molar refractivity (Wildman–Crippen MR) is 115 cm³/mol. The molecule has 0 radical (unpaired) electrons. The molecule has 0 saturated carbocycles. The van der Waals surface area contributed by atoms with Crippen molar-refractivity contribution in [3.8, 4) is 0 Å². The Hall–Kier alpha value is -2.36. The van der Waals surface area contributed by atoms with Crippen molar-refractivity contribution in [3.05, 3.63) is 66.7 Å². The Morgan fingerprint density at radius 1 is 0.778 bits per heavy atom. The van der Waals surface area contributed by atoms with Gasteiger partial charge in [0.15, 0.2) is 0 Å². The van der Waals surface area contributed by atoms with Crippen LogP contribution in [0.2, 0.25) is 0 Å². The van der Waals surface area contributed by atoms with Crippen molar-refractivity contribution in [3.63, 3.8) is 0 Å². The van der Waals surface area contributed by atoms with Crippen molar-refractivity contribution in [2.45, 2.75) is 38.9 Å². The lowest BCUT2D eigenvalue weighted by Gasteiger charge is -2.32. The molecule has 0 N–H and O–H groups in total. The van der Waals surface area contributed by atoms with Crippen LogP contribution in [0.25, 0.3) is 37.8 Å². The Morgan fingerprint density at radius 2 is 1.33 bits per heavy atom. The molecule has 1 aliphatic rings. The Kier molecular flexibility index (Phi) is 3.32. The standard InChI is InChI=1S/C24H23BO2/c1-15(25-26-23(2,3)24(4,5)27-25)20-14-18-10-6-8-16-12-13-17-9-7-11-19(20)22(17)21(16)18/h6-14H,1H2,2-5H3. The summed E-state index contributed by atoms with van der Waals surface area (Å²) < 4.78 is 12.5. The lowest BCUT2D eigenvalue weighted by Crippen LogP contribution is -2.41. The zero-order chi connectivity index (χ0) is 19.0. The molecule has 1 heterocycles. The molecule has 2 nitrogen and oxygen atoms in total. The van der Waals surface area contributed by atoms with E-state index in [-0.39, 0.29) is 11.2 Å². The first-order valence-electron chi connectivity index (χ1n) is 9.50. The van der Waals surface area contributed by atoms with E-state index in [0.29, 0.717) is 0 Å². The molecule has 1 fully saturated rings. The van der Waals surface area contributed by atoms with Gasteiger partial charge in [-0.3, -0.25) is 0 Å². The molecule has 5 rings (SSSR count). The summed E-state index contributed by atoms with van der Waals surface area (Å²) >= 11 is 0. The van der Waals surface area contributed by atoms with Crippen LogP contribution in [0.3, 0.4) is 0 Å². The third-order valence-electron chi connectivity index (χ3n) is 6.39. The van der Waals surface area contributed by atoms with Crippen molar-refractivity contribution in [2.24, 2.45) is 0 Å². The lowest BCUT2D eigenvalue weighted by molar-refractivity contribution is 0.00578. The Labute approximate surface area is 160 Å². The van der Waals surface area contributed by atoms with Gasteiger partial charge in [-0.1, -0.05) is 55.1 Å². The average Bonchev–Trinajstić information content (AvgIpc) is 2.86. The number of benzene rings is 4. The summed E-state index contributed by atoms with van der Waals surface area (Å²) in [5, 5.41) is 7.56. The monoisotopic (exact) mass is 354 g/mol. The summed E-state index contributed by atoms with van der Waals surface area (Å²) in [4.78, 5) is 0. The van der Waals surface area contributed by atoms with E-state index in [9.17, 15) is 0 Å². The van der Waals surface area contributed by atoms with Crippen LogP contribution >= 0.6 is 0 Å². The summed E-state index contributed by atoms with van der Waals surface area (Å²) in [5.41, 5.74) is 1.23. The summed E-state index contributed by atoms with van der Waals surface area (Å²) in [7, 11) is -0.444. The van der Waals surface area contributed by atoms with E-state index >= 15 is 0 Å². The van der Waals surface area contributed by atoms with Crippen LogP contribution in [-0.2, 0) is 9.31 Å². The van der Waals surface area contributed by atoms with Crippen molar-refractivity contribution < 1.29 is 9.31 Å². The average molecular weight is 354 g/mol. The van der Waals surface area contributed by atoms with Crippen molar-refractivity contribution in [1.29, 1.82) is 0 Å². The molecular formula is C24H23BO2. The normalized spacial score (nSPS) is 18.7. The van der Waals surface area contributed by atoms with Crippen LogP contribution < -0.4 is 0 Å². The highest BCUT2D eigenvalue weighted by molar-refractivity contribution is 6.69. The molecule has 3 heteroatoms. The van der Waals surface area contributed by atoms with Crippen molar-refractivity contribution >= 4 is 44.9 Å². The Bertz CT molecular complexity index is 1190. The molecule has 0 aromatic heterocycles. The molecule has 4 aromatic carbocycles. The van der Waals surface area contributed by atoms with E-state index in [2.05, 4.69) is 88.9 Å². The fourth-order valence-electron chi connectivity index (χ4n) is 4.14. The van der Waals surface area contributed by atoms with Gasteiger partial charge in [0.1, 0.15) is 0 Å². The van der Waals surface area contributed by atoms with Gasteiger partial charge in [0.05, 0.1) is 11.2 Å². The van der Waals surface area contributed by atoms with Crippen LogP contribution in [0.4, 0.5) is 0 Å². The SMILES string of the molecule is C=C(B1OC(C)(C)C(C)(C)O1)c1cc2cccc3ccc4cccc1c4c32. The van der Waals surface area contributed by atoms with E-state index < -0.39 is 7.12 Å². The lowest BCUT2D eigenvalue weighted by atomic mass is 9.73. The van der Waals surface area contributed by atoms with Crippen LogP contribution in [0.1, 0.15) is 33.3 Å². The molecule has 0 bridgehead atoms. The minimum Gasteiger partial charge on any atom is -0.399 e. The highest BCUT2D eigenvalue weighted by atomic mass is 16.7. The summed E-state index contributed by atoms with van der Waals surface area (Å²) in [5.74, 6) is 0. The Morgan fingerprint density at radius 3 is 2.00 bits per heavy atom. The first-order chi connectivity index (χ1) is 12.8. The van der Waals surface area contributed by atoms with Crippen molar-refractivity contribution in [1.82, 2.24) is 0 Å². The maximum atomic E-state index is 6.27. The van der Waals surface area contributed by atoms with E-state index in [1.807, 2.05) is 0 Å². The summed E-state index contributed by atoms with van der Waals surface area (Å²) in [6.45, 7) is 12.7. The van der Waals surface area contributed by atoms with E-state index in [1.165, 1.54) is 32.3 Å². The molecule has 4 aromatic rings. The molecule has 27 heavy (non-hydrogen) atoms. The second-order valence-electron chi connectivity index (χ2n) is 8.59. The minimum atomic E-state index is -0.444. The van der Waals surface area contributed by atoms with Gasteiger partial charge >= 0.3 is 7.12 Å². The van der Waals surface area contributed by atoms with Gasteiger partial charge in [-0.15, -0.1) is 0 Å². The molecule has 134 valence electrons. The third kappa shape index (κ3) is 2.28. The third-order valence-corrected chi connectivity index (χ3v) is 6.39. The van der Waals surface area contributed by atoms with Gasteiger partial charge in [-0.05, 0) is 77.1 Å². The predicted octanol–water partition coefficient (Wildman–Crippen LogP) is 6.23. The summed E-state index contributed by atoms with van der Waals surface area (Å²) in [6, 6.07) is 19.6. The summed E-state index contributed by atoms with van der Waals surface area (Å²) in [6.07, 6.45) is 0. The molecule has 0 unspecified atom stereocenters. The van der Waals surface area contributed by atoms with E-state index in [0.717, 1.165) is 11.0 Å². The second-order valence-corrected chi connectivity index (χ2v) is 8.59. The van der Waals surface area contributed by atoms with Gasteiger partial charge in [0.2, 0.25) is 0 Å². The maximum absolute atomic E-state index is 6.27. The van der Waals surface area contributed by atoms with Gasteiger partial charge in [0.25, 0.3) is 0 Å². The fraction of sp³-hybridized carbons (Fsp3) is 0.250. The molecule has 0 amide bonds. The quantitative estimate of drug-likeness (QED) is 0.314. The molecule has 0 spiro atoms. The van der Waals surface area contributed by atoms with Crippen LogP contribution in [-0.4, -0.2) is 18.3 Å². The zero-order valence-electron chi connectivity index (χ0n) is 16.3. The zero-order valence-corrected chi connectivity index (χ0v) is 16.3. The Balaban J connectivity index is 1.75. The van der Waals surface area contributed by atoms with Crippen molar-refractivity contribution in [2.75, 3.05) is 0 Å². The molecule has 0 atom stereocenters. The molecule has 0 aliphatic carbocycles. The first kappa shape index (κ1) is 16.8. The largest absolute Gasteiger partial charge is 0.494 e. The number of rotatable bonds is 2. The first-order valence-corrected chi connectivity index (χ1v) is 9.50. The van der Waals surface area contributed by atoms with Gasteiger partial charge < -0.3 is 9.31 Å². The van der Waals surface area contributed by atoms with Crippen LogP contribution in [0.15, 0.2) is 61.2 Å². The van der Waals surface area contributed by atoms with Crippen LogP contribution in [0.5, 0.6) is 0 Å². The van der Waals surface area contributed by atoms with E-state index in [4.69, 9.17) is 9.31 Å².